The number of nitrogens with two attached hydrogens (primary N) is 1. The van der Waals surface area contributed by atoms with Gasteiger partial charge in [0.2, 0.25) is 5.91 Å². The molecule has 0 saturated heterocycles. The number of nitrogens with zero attached hydrogens (tertiary/aromatic N) is 2. The van der Waals surface area contributed by atoms with Crippen LogP contribution in [0.25, 0.3) is 0 Å². The summed E-state index contributed by atoms with van der Waals surface area (Å²) in [6, 6.07) is 8.45. The van der Waals surface area contributed by atoms with Gasteiger partial charge in [-0.15, -0.1) is 0 Å². The lowest BCUT2D eigenvalue weighted by Gasteiger charge is -2.15. The highest BCUT2D eigenvalue weighted by atomic mass is 16.1. The van der Waals surface area contributed by atoms with Gasteiger partial charge in [-0.3, -0.25) is 4.79 Å². The Bertz CT molecular complexity index is 582. The van der Waals surface area contributed by atoms with Crippen molar-refractivity contribution in [3.63, 3.8) is 0 Å². The molecule has 1 aromatic carbocycles. The zero-order chi connectivity index (χ0) is 13.8. The van der Waals surface area contributed by atoms with Gasteiger partial charge in [-0.2, -0.15) is 10.5 Å². The summed E-state index contributed by atoms with van der Waals surface area (Å²) in [5.74, 6) is -0.278. The van der Waals surface area contributed by atoms with Crippen molar-refractivity contribution in [2.45, 2.75) is 25.3 Å². The van der Waals surface area contributed by atoms with Crippen LogP contribution in [0.3, 0.4) is 0 Å². The molecule has 96 valence electrons. The van der Waals surface area contributed by atoms with E-state index in [1.165, 1.54) is 12.1 Å². The molecule has 0 spiro atoms. The summed E-state index contributed by atoms with van der Waals surface area (Å²) in [6.07, 6.45) is 2.64. The first-order chi connectivity index (χ1) is 9.15. The van der Waals surface area contributed by atoms with E-state index in [-0.39, 0.29) is 23.4 Å². The van der Waals surface area contributed by atoms with Gasteiger partial charge in [0.1, 0.15) is 12.1 Å². The lowest BCUT2D eigenvalue weighted by Crippen LogP contribution is -2.34. The fourth-order valence-corrected chi connectivity index (χ4v) is 2.36. The molecule has 5 heteroatoms. The number of carbonyl (C=O) groups excluding carboxylic acids is 1. The first-order valence-corrected chi connectivity index (χ1v) is 6.16. The summed E-state index contributed by atoms with van der Waals surface area (Å²) in [4.78, 5) is 12.0. The van der Waals surface area contributed by atoms with Crippen LogP contribution in [-0.4, -0.2) is 11.9 Å². The van der Waals surface area contributed by atoms with E-state index in [4.69, 9.17) is 16.3 Å². The minimum absolute atomic E-state index is 0.0891. The number of amides is 1. The van der Waals surface area contributed by atoms with Crippen molar-refractivity contribution in [3.05, 3.63) is 29.3 Å². The minimum atomic E-state index is -0.166. The van der Waals surface area contributed by atoms with Crippen molar-refractivity contribution < 1.29 is 4.79 Å². The Hall–Kier alpha value is -2.37. The van der Waals surface area contributed by atoms with Gasteiger partial charge in [-0.25, -0.2) is 0 Å². The highest BCUT2D eigenvalue weighted by Crippen LogP contribution is 2.25. The maximum Gasteiger partial charge on any atom is 0.229 e. The zero-order valence-corrected chi connectivity index (χ0v) is 10.4. The van der Waals surface area contributed by atoms with Crippen molar-refractivity contribution in [1.82, 2.24) is 0 Å². The molecule has 5 nitrogen and oxygen atoms in total. The molecule has 0 radical (unpaired) electrons. The van der Waals surface area contributed by atoms with Gasteiger partial charge < -0.3 is 11.1 Å². The summed E-state index contributed by atoms with van der Waals surface area (Å²) in [5, 5.41) is 20.5. The Balaban J connectivity index is 2.14. The van der Waals surface area contributed by atoms with E-state index in [2.05, 4.69) is 5.32 Å². The normalized spacial score (nSPS) is 21.4. The summed E-state index contributed by atoms with van der Waals surface area (Å²) in [7, 11) is 0. The Morgan fingerprint density at radius 3 is 2.58 bits per heavy atom. The van der Waals surface area contributed by atoms with Crippen molar-refractivity contribution in [3.8, 4) is 12.1 Å². The molecule has 0 aromatic heterocycles. The van der Waals surface area contributed by atoms with Crippen molar-refractivity contribution in [1.29, 1.82) is 10.5 Å². The molecule has 0 bridgehead atoms. The largest absolute Gasteiger partial charge is 0.327 e. The van der Waals surface area contributed by atoms with Crippen molar-refractivity contribution >= 4 is 11.6 Å². The van der Waals surface area contributed by atoms with Gasteiger partial charge in [-0.05, 0) is 31.0 Å². The molecule has 1 aromatic rings. The first-order valence-electron chi connectivity index (χ1n) is 6.16. The molecule has 2 unspecified atom stereocenters. The summed E-state index contributed by atoms with van der Waals surface area (Å²) in [5.41, 5.74) is 6.97. The quantitative estimate of drug-likeness (QED) is 0.834. The Labute approximate surface area is 111 Å². The van der Waals surface area contributed by atoms with E-state index < -0.39 is 0 Å². The number of hydrogen-bond acceptors (Lipinski definition) is 4. The molecule has 3 N–H and O–H groups in total. The number of hydrogen-bond donors (Lipinski definition) is 2. The number of carbonyl (C=O) groups is 1. The minimum Gasteiger partial charge on any atom is -0.327 e. The molecule has 1 saturated carbocycles. The number of anilines is 1. The second-order valence-electron chi connectivity index (χ2n) is 4.67. The van der Waals surface area contributed by atoms with Crippen LogP contribution in [-0.2, 0) is 4.79 Å². The van der Waals surface area contributed by atoms with E-state index in [1.807, 2.05) is 12.1 Å². The van der Waals surface area contributed by atoms with Crippen LogP contribution in [0, 0.1) is 28.6 Å². The molecule has 1 fully saturated rings. The van der Waals surface area contributed by atoms with Crippen LogP contribution in [0.2, 0.25) is 0 Å². The lowest BCUT2D eigenvalue weighted by molar-refractivity contribution is -0.120. The Kier molecular flexibility index (Phi) is 3.79. The van der Waals surface area contributed by atoms with Crippen LogP contribution in [0.15, 0.2) is 18.2 Å². The average Bonchev–Trinajstić information content (AvgIpc) is 2.85. The molecule has 19 heavy (non-hydrogen) atoms. The molecule has 0 aliphatic heterocycles. The van der Waals surface area contributed by atoms with Crippen LogP contribution in [0.1, 0.15) is 30.4 Å². The standard InChI is InChI=1S/C14H14N4O/c15-7-9-4-5-11(6-10(9)8-16)18-14(19)12-2-1-3-13(12)17/h4-6,12-13H,1-3,17H2,(H,18,19). The monoisotopic (exact) mass is 254 g/mol. The zero-order valence-electron chi connectivity index (χ0n) is 10.4. The van der Waals surface area contributed by atoms with Gasteiger partial charge in [0.05, 0.1) is 17.0 Å². The third kappa shape index (κ3) is 2.73. The Morgan fingerprint density at radius 1 is 1.26 bits per heavy atom. The summed E-state index contributed by atoms with van der Waals surface area (Å²) < 4.78 is 0. The maximum atomic E-state index is 12.0. The Morgan fingerprint density at radius 2 is 2.00 bits per heavy atom. The molecule has 1 amide bonds. The molecule has 0 heterocycles. The second kappa shape index (κ2) is 5.51. The number of rotatable bonds is 2. The fourth-order valence-electron chi connectivity index (χ4n) is 2.36. The van der Waals surface area contributed by atoms with Crippen LogP contribution >= 0.6 is 0 Å². The van der Waals surface area contributed by atoms with Crippen LogP contribution < -0.4 is 11.1 Å². The van der Waals surface area contributed by atoms with E-state index in [1.54, 1.807) is 6.07 Å². The predicted molar refractivity (Wildman–Crippen MR) is 69.8 cm³/mol. The number of nitriles is 2. The van der Waals surface area contributed by atoms with Crippen LogP contribution in [0.4, 0.5) is 5.69 Å². The molecule has 1 aliphatic rings. The molecule has 1 aliphatic carbocycles. The average molecular weight is 254 g/mol. The smallest absolute Gasteiger partial charge is 0.229 e. The predicted octanol–water partition coefficient (Wildman–Crippen LogP) is 1.50. The topological polar surface area (TPSA) is 103 Å². The third-order valence-electron chi connectivity index (χ3n) is 3.43. The van der Waals surface area contributed by atoms with Gasteiger partial charge in [0.15, 0.2) is 0 Å². The SMILES string of the molecule is N#Cc1ccc(NC(=O)C2CCCC2N)cc1C#N. The fraction of sp³-hybridized carbons (Fsp3) is 0.357. The summed E-state index contributed by atoms with van der Waals surface area (Å²) in [6.45, 7) is 0. The molecule has 2 rings (SSSR count). The van der Waals surface area contributed by atoms with Crippen molar-refractivity contribution in [2.75, 3.05) is 5.32 Å². The number of nitrogens with one attached hydrogen (secondary N) is 1. The van der Waals surface area contributed by atoms with E-state index in [9.17, 15) is 4.79 Å². The number of benzene rings is 1. The van der Waals surface area contributed by atoms with Crippen LogP contribution in [0.5, 0.6) is 0 Å². The van der Waals surface area contributed by atoms with E-state index in [0.717, 1.165) is 19.3 Å². The highest BCUT2D eigenvalue weighted by molar-refractivity contribution is 5.93. The third-order valence-corrected chi connectivity index (χ3v) is 3.43. The summed E-state index contributed by atoms with van der Waals surface area (Å²) >= 11 is 0. The van der Waals surface area contributed by atoms with E-state index in [0.29, 0.717) is 11.3 Å². The van der Waals surface area contributed by atoms with Gasteiger partial charge in [0.25, 0.3) is 0 Å². The second-order valence-corrected chi connectivity index (χ2v) is 4.67. The van der Waals surface area contributed by atoms with Gasteiger partial charge >= 0.3 is 0 Å². The molecular formula is C14H14N4O. The molecular weight excluding hydrogens is 240 g/mol. The van der Waals surface area contributed by atoms with E-state index >= 15 is 0 Å². The lowest BCUT2D eigenvalue weighted by atomic mass is 10.0. The van der Waals surface area contributed by atoms with Gasteiger partial charge in [-0.1, -0.05) is 6.42 Å². The first kappa shape index (κ1) is 13.1. The highest BCUT2D eigenvalue weighted by Gasteiger charge is 2.30. The van der Waals surface area contributed by atoms with Crippen molar-refractivity contribution in [2.24, 2.45) is 11.7 Å². The maximum absolute atomic E-state index is 12.0. The molecule has 2 atom stereocenters. The van der Waals surface area contributed by atoms with Gasteiger partial charge in [0, 0.05) is 11.7 Å².